The number of benzene rings is 4. The molecule has 0 fully saturated rings. The van der Waals surface area contributed by atoms with Crippen molar-refractivity contribution >= 4 is 28.4 Å². The smallest absolute Gasteiger partial charge is 0.0463 e. The number of hydrogen-bond donors (Lipinski definition) is 0. The van der Waals surface area contributed by atoms with E-state index in [2.05, 4.69) is 132 Å². The van der Waals surface area contributed by atoms with Gasteiger partial charge in [-0.3, -0.25) is 0 Å². The fourth-order valence-corrected chi connectivity index (χ4v) is 3.85. The second-order valence-electron chi connectivity index (χ2n) is 7.41. The Balaban J connectivity index is 1.77. The lowest BCUT2D eigenvalue weighted by Crippen LogP contribution is -2.15. The van der Waals surface area contributed by atoms with Gasteiger partial charge in [-0.15, -0.1) is 0 Å². The highest BCUT2D eigenvalue weighted by molar-refractivity contribution is 5.78. The Morgan fingerprint density at radius 2 is 0.875 bits per heavy atom. The standard InChI is InChI=1S/C30H28N2/c1-3-14-25(4-2)31(26-15-8-5-9-16-26)29-21-23-30(24-22-29)32(27-17-10-6-11-18-27)28-19-12-7-13-20-28/h3-24H,1-2H3/b14-3-,25-4+. The van der Waals surface area contributed by atoms with Crippen LogP contribution in [0.15, 0.2) is 139 Å². The number of allylic oxidation sites excluding steroid dienone is 3. The van der Waals surface area contributed by atoms with Crippen molar-refractivity contribution < 1.29 is 0 Å². The van der Waals surface area contributed by atoms with Crippen LogP contribution in [0.3, 0.4) is 0 Å². The molecular weight excluding hydrogens is 388 g/mol. The number of rotatable bonds is 7. The summed E-state index contributed by atoms with van der Waals surface area (Å²) in [5.41, 5.74) is 6.77. The van der Waals surface area contributed by atoms with Gasteiger partial charge < -0.3 is 9.80 Å². The van der Waals surface area contributed by atoms with Crippen molar-refractivity contribution in [1.29, 1.82) is 0 Å². The largest absolute Gasteiger partial charge is 0.311 e. The lowest BCUT2D eigenvalue weighted by Gasteiger charge is -2.28. The summed E-state index contributed by atoms with van der Waals surface area (Å²) < 4.78 is 0. The van der Waals surface area contributed by atoms with Gasteiger partial charge >= 0.3 is 0 Å². The van der Waals surface area contributed by atoms with Crippen LogP contribution in [0.1, 0.15) is 13.8 Å². The summed E-state index contributed by atoms with van der Waals surface area (Å²) in [4.78, 5) is 4.55. The molecule has 4 rings (SSSR count). The topological polar surface area (TPSA) is 6.48 Å². The van der Waals surface area contributed by atoms with Crippen LogP contribution < -0.4 is 9.80 Å². The first kappa shape index (κ1) is 21.2. The molecular formula is C30H28N2. The van der Waals surface area contributed by atoms with E-state index in [0.29, 0.717) is 0 Å². The summed E-state index contributed by atoms with van der Waals surface area (Å²) >= 11 is 0. The first-order valence-electron chi connectivity index (χ1n) is 11.0. The van der Waals surface area contributed by atoms with E-state index in [1.807, 2.05) is 25.1 Å². The van der Waals surface area contributed by atoms with Crippen LogP contribution in [0.4, 0.5) is 28.4 Å². The molecule has 0 spiro atoms. The Bertz CT molecular complexity index is 1120. The summed E-state index contributed by atoms with van der Waals surface area (Å²) in [6, 6.07) is 40.2. The molecule has 0 saturated carbocycles. The van der Waals surface area contributed by atoms with Crippen LogP contribution in [0.25, 0.3) is 0 Å². The number of para-hydroxylation sites is 3. The molecule has 2 heteroatoms. The predicted octanol–water partition coefficient (Wildman–Crippen LogP) is 8.77. The van der Waals surface area contributed by atoms with Gasteiger partial charge in [-0.1, -0.05) is 66.7 Å². The summed E-state index contributed by atoms with van der Waals surface area (Å²) in [5.74, 6) is 0. The van der Waals surface area contributed by atoms with Crippen molar-refractivity contribution in [2.24, 2.45) is 0 Å². The van der Waals surface area contributed by atoms with Gasteiger partial charge in [0.25, 0.3) is 0 Å². The molecule has 158 valence electrons. The van der Waals surface area contributed by atoms with E-state index < -0.39 is 0 Å². The molecule has 0 N–H and O–H groups in total. The van der Waals surface area contributed by atoms with Crippen molar-refractivity contribution in [3.63, 3.8) is 0 Å². The third-order valence-corrected chi connectivity index (χ3v) is 5.30. The molecule has 0 radical (unpaired) electrons. The number of nitrogens with zero attached hydrogens (tertiary/aromatic N) is 2. The van der Waals surface area contributed by atoms with Crippen molar-refractivity contribution in [1.82, 2.24) is 0 Å². The Labute approximate surface area is 191 Å². The predicted molar refractivity (Wildman–Crippen MR) is 138 cm³/mol. The minimum Gasteiger partial charge on any atom is -0.311 e. The molecule has 0 bridgehead atoms. The van der Waals surface area contributed by atoms with E-state index in [0.717, 1.165) is 34.1 Å². The molecule has 2 nitrogen and oxygen atoms in total. The Morgan fingerprint density at radius 1 is 0.500 bits per heavy atom. The first-order chi connectivity index (χ1) is 15.8. The molecule has 0 aromatic heterocycles. The van der Waals surface area contributed by atoms with E-state index in [1.54, 1.807) is 0 Å². The van der Waals surface area contributed by atoms with Gasteiger partial charge in [-0.05, 0) is 80.6 Å². The second kappa shape index (κ2) is 10.3. The average molecular weight is 417 g/mol. The molecule has 0 atom stereocenters. The molecule has 0 aliphatic carbocycles. The van der Waals surface area contributed by atoms with Gasteiger partial charge in [-0.25, -0.2) is 0 Å². The maximum Gasteiger partial charge on any atom is 0.0463 e. The van der Waals surface area contributed by atoms with Crippen molar-refractivity contribution in [3.05, 3.63) is 139 Å². The Hall–Kier alpha value is -4.04. The first-order valence-corrected chi connectivity index (χ1v) is 11.0. The molecule has 32 heavy (non-hydrogen) atoms. The van der Waals surface area contributed by atoms with Gasteiger partial charge in [-0.2, -0.15) is 0 Å². The third kappa shape index (κ3) is 4.65. The second-order valence-corrected chi connectivity index (χ2v) is 7.41. The van der Waals surface area contributed by atoms with Crippen LogP contribution in [0.5, 0.6) is 0 Å². The fourth-order valence-electron chi connectivity index (χ4n) is 3.85. The molecule has 0 aliphatic rings. The summed E-state index contributed by atoms with van der Waals surface area (Å²) in [6.07, 6.45) is 6.36. The Morgan fingerprint density at radius 3 is 1.31 bits per heavy atom. The summed E-state index contributed by atoms with van der Waals surface area (Å²) in [6.45, 7) is 4.12. The number of hydrogen-bond acceptors (Lipinski definition) is 2. The van der Waals surface area contributed by atoms with E-state index in [9.17, 15) is 0 Å². The molecule has 0 amide bonds. The average Bonchev–Trinajstić information content (AvgIpc) is 2.87. The van der Waals surface area contributed by atoms with Crippen LogP contribution in [0, 0.1) is 0 Å². The maximum absolute atomic E-state index is 2.28. The molecule has 0 heterocycles. The van der Waals surface area contributed by atoms with Gasteiger partial charge in [0.1, 0.15) is 0 Å². The van der Waals surface area contributed by atoms with Crippen molar-refractivity contribution in [2.75, 3.05) is 9.80 Å². The van der Waals surface area contributed by atoms with Gasteiger partial charge in [0.2, 0.25) is 0 Å². The SMILES string of the molecule is C/C=C\C(=C/C)N(c1ccccc1)c1ccc(N(c2ccccc2)c2ccccc2)cc1. The zero-order valence-electron chi connectivity index (χ0n) is 18.6. The Kier molecular flexibility index (Phi) is 6.84. The molecule has 4 aromatic carbocycles. The third-order valence-electron chi connectivity index (χ3n) is 5.30. The van der Waals surface area contributed by atoms with Crippen LogP contribution in [-0.2, 0) is 0 Å². The van der Waals surface area contributed by atoms with Crippen molar-refractivity contribution in [3.8, 4) is 0 Å². The summed E-state index contributed by atoms with van der Waals surface area (Å²) in [7, 11) is 0. The minimum absolute atomic E-state index is 1.12. The molecule has 0 unspecified atom stereocenters. The highest BCUT2D eigenvalue weighted by Gasteiger charge is 2.15. The highest BCUT2D eigenvalue weighted by Crippen LogP contribution is 2.37. The molecule has 4 aromatic rings. The van der Waals surface area contributed by atoms with Crippen LogP contribution in [-0.4, -0.2) is 0 Å². The lowest BCUT2D eigenvalue weighted by atomic mass is 10.1. The van der Waals surface area contributed by atoms with Crippen LogP contribution in [0.2, 0.25) is 0 Å². The maximum atomic E-state index is 2.28. The van der Waals surface area contributed by atoms with Crippen LogP contribution >= 0.6 is 0 Å². The summed E-state index contributed by atoms with van der Waals surface area (Å²) in [5, 5.41) is 0. The highest BCUT2D eigenvalue weighted by atomic mass is 15.2. The van der Waals surface area contributed by atoms with Crippen molar-refractivity contribution in [2.45, 2.75) is 13.8 Å². The minimum atomic E-state index is 1.12. The number of anilines is 5. The van der Waals surface area contributed by atoms with E-state index in [4.69, 9.17) is 0 Å². The van der Waals surface area contributed by atoms with Gasteiger partial charge in [0.05, 0.1) is 0 Å². The normalized spacial score (nSPS) is 11.5. The monoisotopic (exact) mass is 416 g/mol. The van der Waals surface area contributed by atoms with E-state index >= 15 is 0 Å². The van der Waals surface area contributed by atoms with E-state index in [-0.39, 0.29) is 0 Å². The molecule has 0 saturated heterocycles. The molecule has 0 aliphatic heterocycles. The van der Waals surface area contributed by atoms with E-state index in [1.165, 1.54) is 0 Å². The fraction of sp³-hybridized carbons (Fsp3) is 0.0667. The quantitative estimate of drug-likeness (QED) is 0.278. The zero-order chi connectivity index (χ0) is 22.2. The zero-order valence-corrected chi connectivity index (χ0v) is 18.6. The van der Waals surface area contributed by atoms with Gasteiger partial charge in [0, 0.05) is 34.1 Å². The van der Waals surface area contributed by atoms with Gasteiger partial charge in [0.15, 0.2) is 0 Å². The lowest BCUT2D eigenvalue weighted by molar-refractivity contribution is 1.19.